The molecule has 0 aliphatic rings. The van der Waals surface area contributed by atoms with Gasteiger partial charge in [0.1, 0.15) is 36.1 Å². The summed E-state index contributed by atoms with van der Waals surface area (Å²) in [4.78, 5) is 16.5. The number of benzene rings is 4. The van der Waals surface area contributed by atoms with Gasteiger partial charge in [0, 0.05) is 43.6 Å². The number of carboxylic acid groups (broad SMARTS) is 1. The lowest BCUT2D eigenvalue weighted by Gasteiger charge is -2.24. The molecular weight excluding hydrogens is 734 g/mol. The highest BCUT2D eigenvalue weighted by atomic mass is 35.5. The number of aliphatic hydroxyl groups excluding tert-OH is 2. The Morgan fingerprint density at radius 2 is 1.54 bits per heavy atom. The van der Waals surface area contributed by atoms with Crippen LogP contribution in [0.25, 0.3) is 22.3 Å². The predicted octanol–water partition coefficient (Wildman–Crippen LogP) is 6.35. The minimum absolute atomic E-state index is 0.00822. The van der Waals surface area contributed by atoms with Gasteiger partial charge in [-0.2, -0.15) is 4.98 Å². The molecule has 0 saturated carbocycles. The highest BCUT2D eigenvalue weighted by Gasteiger charge is 2.32. The first-order valence-corrected chi connectivity index (χ1v) is 18.7. The number of ether oxygens (including phenoxy) is 3. The van der Waals surface area contributed by atoms with Crippen molar-refractivity contribution in [2.24, 2.45) is 0 Å². The monoisotopic (exact) mass is 783 g/mol. The number of halogens is 1. The van der Waals surface area contributed by atoms with E-state index in [1.165, 1.54) is 6.92 Å². The van der Waals surface area contributed by atoms with Gasteiger partial charge in [-0.05, 0) is 102 Å². The Bertz CT molecular complexity index is 2110. The van der Waals surface area contributed by atoms with Crippen LogP contribution in [0.3, 0.4) is 0 Å². The fourth-order valence-corrected chi connectivity index (χ4v) is 6.36. The lowest BCUT2D eigenvalue weighted by molar-refractivity contribution is -0.145. The van der Waals surface area contributed by atoms with Gasteiger partial charge in [0.05, 0.1) is 13.2 Å². The average molecular weight is 784 g/mol. The molecule has 0 aliphatic carbocycles. The molecule has 56 heavy (non-hydrogen) atoms. The summed E-state index contributed by atoms with van der Waals surface area (Å²) >= 11 is 6.73. The van der Waals surface area contributed by atoms with E-state index in [4.69, 9.17) is 36.7 Å². The van der Waals surface area contributed by atoms with Crippen LogP contribution in [0.2, 0.25) is 5.02 Å². The molecular formula is C43H50ClN5O7. The Morgan fingerprint density at radius 1 is 0.839 bits per heavy atom. The highest BCUT2D eigenvalue weighted by molar-refractivity contribution is 6.31. The Hall–Kier alpha value is -5.37. The maximum Gasteiger partial charge on any atom is 0.326 e. The third-order valence-electron chi connectivity index (χ3n) is 9.56. The molecule has 0 spiro atoms. The molecule has 0 unspecified atom stereocenters. The van der Waals surface area contributed by atoms with Gasteiger partial charge in [0.25, 0.3) is 0 Å². The number of carboxylic acids is 1. The van der Waals surface area contributed by atoms with E-state index in [0.717, 1.165) is 55.9 Å². The zero-order valence-electron chi connectivity index (χ0n) is 32.1. The van der Waals surface area contributed by atoms with Gasteiger partial charge < -0.3 is 45.9 Å². The fraction of sp³-hybridized carbons (Fsp3) is 0.302. The molecule has 12 nitrogen and oxygen atoms in total. The summed E-state index contributed by atoms with van der Waals surface area (Å²) in [6.45, 7) is 7.01. The quantitative estimate of drug-likeness (QED) is 0.0344. The average Bonchev–Trinajstić information content (AvgIpc) is 3.19. The van der Waals surface area contributed by atoms with Gasteiger partial charge in [-0.15, -0.1) is 0 Å². The lowest BCUT2D eigenvalue weighted by Crippen LogP contribution is -2.52. The van der Waals surface area contributed by atoms with Crippen LogP contribution in [-0.2, 0) is 24.6 Å². The molecule has 5 rings (SSSR count). The SMILES string of the molecule is CNc1cc(N)cc(COc2nc(OCc3cccc(-c4cccc(-c5ccc(OCCNCCO)cc5)c4C)c3C)c(Cl)cc2CN[C@@](C)(CO)C(=O)O)c1. The third kappa shape index (κ3) is 10.5. The van der Waals surface area contributed by atoms with E-state index in [-0.39, 0.29) is 43.1 Å². The molecule has 296 valence electrons. The van der Waals surface area contributed by atoms with Crippen molar-refractivity contribution in [1.29, 1.82) is 0 Å². The summed E-state index contributed by atoms with van der Waals surface area (Å²) in [5.41, 5.74) is 14.6. The van der Waals surface area contributed by atoms with E-state index in [2.05, 4.69) is 71.2 Å². The Balaban J connectivity index is 1.36. The van der Waals surface area contributed by atoms with Gasteiger partial charge >= 0.3 is 5.97 Å². The first kappa shape index (κ1) is 41.8. The molecule has 4 aromatic carbocycles. The van der Waals surface area contributed by atoms with Crippen molar-refractivity contribution < 1.29 is 34.3 Å². The summed E-state index contributed by atoms with van der Waals surface area (Å²) in [5, 5.41) is 37.7. The molecule has 1 atom stereocenters. The molecule has 0 bridgehead atoms. The number of aliphatic hydroxyl groups is 2. The topological polar surface area (TPSA) is 180 Å². The number of rotatable bonds is 20. The summed E-state index contributed by atoms with van der Waals surface area (Å²) < 4.78 is 18.3. The van der Waals surface area contributed by atoms with Crippen molar-refractivity contribution in [2.75, 3.05) is 51.0 Å². The molecule has 1 heterocycles. The van der Waals surface area contributed by atoms with Crippen molar-refractivity contribution in [1.82, 2.24) is 15.6 Å². The number of hydrogen-bond acceptors (Lipinski definition) is 11. The largest absolute Gasteiger partial charge is 0.492 e. The van der Waals surface area contributed by atoms with Crippen molar-refractivity contribution in [3.05, 3.63) is 118 Å². The summed E-state index contributed by atoms with van der Waals surface area (Å²) in [6, 6.07) is 27.5. The van der Waals surface area contributed by atoms with Crippen LogP contribution >= 0.6 is 11.6 Å². The number of nitrogen functional groups attached to an aromatic ring is 1. The number of aliphatic carboxylic acids is 1. The fourth-order valence-electron chi connectivity index (χ4n) is 6.13. The van der Waals surface area contributed by atoms with Crippen LogP contribution in [0.15, 0.2) is 84.9 Å². The molecule has 0 amide bonds. The van der Waals surface area contributed by atoms with Crippen LogP contribution in [0.5, 0.6) is 17.5 Å². The number of nitrogens with two attached hydrogens (primary N) is 1. The second kappa shape index (κ2) is 19.5. The van der Waals surface area contributed by atoms with Crippen molar-refractivity contribution in [3.63, 3.8) is 0 Å². The van der Waals surface area contributed by atoms with Crippen molar-refractivity contribution in [3.8, 4) is 39.8 Å². The zero-order valence-corrected chi connectivity index (χ0v) is 32.9. The van der Waals surface area contributed by atoms with E-state index >= 15 is 0 Å². The smallest absolute Gasteiger partial charge is 0.326 e. The maximum absolute atomic E-state index is 11.9. The molecule has 0 saturated heterocycles. The molecule has 8 N–H and O–H groups in total. The van der Waals surface area contributed by atoms with Crippen LogP contribution < -0.4 is 35.9 Å². The second-order valence-electron chi connectivity index (χ2n) is 13.6. The lowest BCUT2D eigenvalue weighted by atomic mass is 9.89. The van der Waals surface area contributed by atoms with Gasteiger partial charge in [-0.25, -0.2) is 0 Å². The van der Waals surface area contributed by atoms with Crippen LogP contribution in [0, 0.1) is 13.8 Å². The van der Waals surface area contributed by atoms with Crippen molar-refractivity contribution >= 4 is 28.9 Å². The summed E-state index contributed by atoms with van der Waals surface area (Å²) in [5.74, 6) is -0.0959. The number of pyridine rings is 1. The number of hydrogen-bond donors (Lipinski definition) is 7. The number of nitrogens with one attached hydrogen (secondary N) is 3. The zero-order chi connectivity index (χ0) is 40.2. The molecule has 0 aliphatic heterocycles. The van der Waals surface area contributed by atoms with E-state index < -0.39 is 18.1 Å². The summed E-state index contributed by atoms with van der Waals surface area (Å²) in [6.07, 6.45) is 0. The van der Waals surface area contributed by atoms with Gasteiger partial charge in [-0.3, -0.25) is 10.1 Å². The molecule has 0 fully saturated rings. The van der Waals surface area contributed by atoms with E-state index in [0.29, 0.717) is 30.9 Å². The number of anilines is 2. The van der Waals surface area contributed by atoms with E-state index in [1.54, 1.807) is 25.2 Å². The third-order valence-corrected chi connectivity index (χ3v) is 9.83. The van der Waals surface area contributed by atoms with E-state index in [1.807, 2.05) is 30.3 Å². The molecule has 1 aromatic heterocycles. The molecule has 5 aromatic rings. The van der Waals surface area contributed by atoms with Gasteiger partial charge in [-0.1, -0.05) is 60.1 Å². The van der Waals surface area contributed by atoms with Crippen LogP contribution in [0.1, 0.15) is 34.7 Å². The summed E-state index contributed by atoms with van der Waals surface area (Å²) in [7, 11) is 1.80. The normalized spacial score (nSPS) is 12.2. The predicted molar refractivity (Wildman–Crippen MR) is 221 cm³/mol. The van der Waals surface area contributed by atoms with Crippen LogP contribution in [0.4, 0.5) is 11.4 Å². The Labute approximate surface area is 332 Å². The Kier molecular flexibility index (Phi) is 14.5. The number of aromatic nitrogens is 1. The molecule has 0 radical (unpaired) electrons. The van der Waals surface area contributed by atoms with Crippen molar-refractivity contribution in [2.45, 2.75) is 46.1 Å². The van der Waals surface area contributed by atoms with E-state index in [9.17, 15) is 15.0 Å². The van der Waals surface area contributed by atoms with Crippen LogP contribution in [-0.4, -0.2) is 71.8 Å². The number of nitrogens with zero attached hydrogens (tertiary/aromatic N) is 1. The second-order valence-corrected chi connectivity index (χ2v) is 14.0. The maximum atomic E-state index is 11.9. The minimum atomic E-state index is -1.60. The standard InChI is InChI=1S/C43H50ClN5O7/c1-27-31(7-5-9-37(27)38-10-6-8-36(28(38)2)30-11-13-35(14-12-30)54-18-16-47-15-17-50)25-56-41-39(44)21-32(23-48-43(3,26-51)42(52)53)40(49-41)55-24-29-19-33(45)22-34(20-29)46-4/h5-14,19-22,46-48,50-51H,15-18,23-26,45H2,1-4H3,(H,52,53)/t43-/m0/s1. The van der Waals surface area contributed by atoms with Gasteiger partial charge in [0.15, 0.2) is 0 Å². The first-order chi connectivity index (χ1) is 27.0. The number of carbonyl (C=O) groups is 1. The minimum Gasteiger partial charge on any atom is -0.492 e. The Morgan fingerprint density at radius 3 is 2.23 bits per heavy atom. The molecule has 13 heteroatoms. The van der Waals surface area contributed by atoms with Gasteiger partial charge in [0.2, 0.25) is 11.8 Å². The first-order valence-electron chi connectivity index (χ1n) is 18.3. The highest BCUT2D eigenvalue weighted by Crippen LogP contribution is 2.36.